The van der Waals surface area contributed by atoms with Crippen molar-refractivity contribution in [3.05, 3.63) is 53.7 Å². The van der Waals surface area contributed by atoms with E-state index in [1.54, 1.807) is 24.7 Å². The van der Waals surface area contributed by atoms with Crippen molar-refractivity contribution in [2.45, 2.75) is 6.54 Å². The molecular weight excluding hydrogens is 239 g/mol. The predicted octanol–water partition coefficient (Wildman–Crippen LogP) is 2.67. The molecule has 17 heavy (non-hydrogen) atoms. The minimum Gasteiger partial charge on any atom is -0.472 e. The molecule has 3 N–H and O–H groups in total. The number of nitrogens with two attached hydrogens (primary N) is 1. The van der Waals surface area contributed by atoms with Crippen molar-refractivity contribution < 1.29 is 8.81 Å². The van der Waals surface area contributed by atoms with E-state index in [0.29, 0.717) is 12.2 Å². The van der Waals surface area contributed by atoms with Gasteiger partial charge in [0.05, 0.1) is 12.5 Å². The third-order valence-corrected chi connectivity index (χ3v) is 2.53. The van der Waals surface area contributed by atoms with Gasteiger partial charge in [-0.25, -0.2) is 4.39 Å². The van der Waals surface area contributed by atoms with Gasteiger partial charge in [-0.15, -0.1) is 0 Å². The number of thiocarbonyl (C=S) groups is 1. The average Bonchev–Trinajstić information content (AvgIpc) is 2.78. The summed E-state index contributed by atoms with van der Waals surface area (Å²) in [5, 5.41) is 3.07. The fraction of sp³-hybridized carbons (Fsp3) is 0.0833. The lowest BCUT2D eigenvalue weighted by Gasteiger charge is -2.07. The van der Waals surface area contributed by atoms with Gasteiger partial charge in [-0.2, -0.15) is 0 Å². The molecule has 0 radical (unpaired) electrons. The number of furan rings is 1. The molecule has 0 aliphatic heterocycles. The molecule has 1 aromatic heterocycles. The van der Waals surface area contributed by atoms with Gasteiger partial charge in [-0.3, -0.25) is 0 Å². The normalized spacial score (nSPS) is 10.2. The van der Waals surface area contributed by atoms with E-state index >= 15 is 0 Å². The standard InChI is InChI=1S/C12H11FN2OS/c13-11-5-9(1-2-10(11)12(14)17)15-6-8-3-4-16-7-8/h1-5,7,15H,6H2,(H2,14,17). The highest BCUT2D eigenvalue weighted by Gasteiger charge is 2.05. The van der Waals surface area contributed by atoms with E-state index in [9.17, 15) is 4.39 Å². The molecular formula is C12H11FN2OS. The van der Waals surface area contributed by atoms with Gasteiger partial charge in [-0.05, 0) is 24.3 Å². The summed E-state index contributed by atoms with van der Waals surface area (Å²) < 4.78 is 18.5. The maximum atomic E-state index is 13.5. The van der Waals surface area contributed by atoms with Gasteiger partial charge >= 0.3 is 0 Å². The zero-order valence-electron chi connectivity index (χ0n) is 8.94. The molecule has 2 aromatic rings. The SMILES string of the molecule is NC(=S)c1ccc(NCc2ccoc2)cc1F. The van der Waals surface area contributed by atoms with Crippen molar-refractivity contribution in [2.75, 3.05) is 5.32 Å². The van der Waals surface area contributed by atoms with Crippen LogP contribution in [0.3, 0.4) is 0 Å². The Balaban J connectivity index is 2.07. The van der Waals surface area contributed by atoms with Crippen molar-refractivity contribution in [3.63, 3.8) is 0 Å². The third-order valence-electron chi connectivity index (χ3n) is 2.31. The molecule has 88 valence electrons. The lowest BCUT2D eigenvalue weighted by molar-refractivity contribution is 0.564. The molecule has 0 fully saturated rings. The molecule has 2 rings (SSSR count). The Morgan fingerprint density at radius 3 is 2.82 bits per heavy atom. The van der Waals surface area contributed by atoms with E-state index in [0.717, 1.165) is 5.56 Å². The van der Waals surface area contributed by atoms with Crippen LogP contribution < -0.4 is 11.1 Å². The molecule has 0 saturated heterocycles. The number of anilines is 1. The largest absolute Gasteiger partial charge is 0.472 e. The van der Waals surface area contributed by atoms with Gasteiger partial charge in [0.25, 0.3) is 0 Å². The van der Waals surface area contributed by atoms with Crippen LogP contribution in [0.2, 0.25) is 0 Å². The average molecular weight is 250 g/mol. The maximum Gasteiger partial charge on any atom is 0.135 e. The maximum absolute atomic E-state index is 13.5. The van der Waals surface area contributed by atoms with Crippen LogP contribution >= 0.6 is 12.2 Å². The summed E-state index contributed by atoms with van der Waals surface area (Å²) in [6, 6.07) is 6.51. The number of halogens is 1. The van der Waals surface area contributed by atoms with Gasteiger partial charge in [0.1, 0.15) is 10.8 Å². The Morgan fingerprint density at radius 1 is 1.41 bits per heavy atom. The van der Waals surface area contributed by atoms with Crippen LogP contribution in [-0.2, 0) is 6.54 Å². The minimum atomic E-state index is -0.422. The first-order valence-corrected chi connectivity index (χ1v) is 5.42. The van der Waals surface area contributed by atoms with E-state index < -0.39 is 5.82 Å². The predicted molar refractivity (Wildman–Crippen MR) is 68.3 cm³/mol. The van der Waals surface area contributed by atoms with Gasteiger partial charge in [-0.1, -0.05) is 12.2 Å². The van der Waals surface area contributed by atoms with Crippen molar-refractivity contribution in [3.8, 4) is 0 Å². The summed E-state index contributed by atoms with van der Waals surface area (Å²) >= 11 is 4.73. The van der Waals surface area contributed by atoms with E-state index in [2.05, 4.69) is 5.32 Å². The fourth-order valence-electron chi connectivity index (χ4n) is 1.42. The molecule has 0 bridgehead atoms. The van der Waals surface area contributed by atoms with Crippen molar-refractivity contribution in [1.82, 2.24) is 0 Å². The Bertz CT molecular complexity index is 525. The summed E-state index contributed by atoms with van der Waals surface area (Å²) in [7, 11) is 0. The highest BCUT2D eigenvalue weighted by molar-refractivity contribution is 7.80. The van der Waals surface area contributed by atoms with Crippen molar-refractivity contribution in [1.29, 1.82) is 0 Å². The van der Waals surface area contributed by atoms with Crippen molar-refractivity contribution in [2.24, 2.45) is 5.73 Å². The van der Waals surface area contributed by atoms with E-state index in [-0.39, 0.29) is 10.6 Å². The van der Waals surface area contributed by atoms with Crippen LogP contribution in [0.4, 0.5) is 10.1 Å². The second-order valence-corrected chi connectivity index (χ2v) is 3.98. The highest BCUT2D eigenvalue weighted by atomic mass is 32.1. The van der Waals surface area contributed by atoms with Crippen LogP contribution in [0.25, 0.3) is 0 Å². The number of benzene rings is 1. The quantitative estimate of drug-likeness (QED) is 0.819. The Labute approximate surface area is 103 Å². The fourth-order valence-corrected chi connectivity index (χ4v) is 1.59. The summed E-state index contributed by atoms with van der Waals surface area (Å²) in [5.74, 6) is -0.422. The Kier molecular flexibility index (Phi) is 3.39. The van der Waals surface area contributed by atoms with Crippen LogP contribution in [-0.4, -0.2) is 4.99 Å². The molecule has 0 aliphatic rings. The second-order valence-electron chi connectivity index (χ2n) is 3.54. The minimum absolute atomic E-state index is 0.0592. The van der Waals surface area contributed by atoms with Crippen molar-refractivity contribution >= 4 is 22.9 Å². The monoisotopic (exact) mass is 250 g/mol. The van der Waals surface area contributed by atoms with Gasteiger partial charge in [0.2, 0.25) is 0 Å². The zero-order chi connectivity index (χ0) is 12.3. The third kappa shape index (κ3) is 2.82. The first-order valence-electron chi connectivity index (χ1n) is 5.01. The number of hydrogen-bond donors (Lipinski definition) is 2. The molecule has 3 nitrogen and oxygen atoms in total. The van der Waals surface area contributed by atoms with Gasteiger partial charge in [0.15, 0.2) is 0 Å². The molecule has 5 heteroatoms. The number of rotatable bonds is 4. The molecule has 0 saturated carbocycles. The number of hydrogen-bond acceptors (Lipinski definition) is 3. The first kappa shape index (κ1) is 11.6. The van der Waals surface area contributed by atoms with Crippen LogP contribution in [0.5, 0.6) is 0 Å². The number of nitrogens with one attached hydrogen (secondary N) is 1. The smallest absolute Gasteiger partial charge is 0.135 e. The molecule has 0 atom stereocenters. The van der Waals surface area contributed by atoms with E-state index in [1.807, 2.05) is 6.07 Å². The van der Waals surface area contributed by atoms with Crippen LogP contribution in [0.1, 0.15) is 11.1 Å². The van der Waals surface area contributed by atoms with Crippen LogP contribution in [0.15, 0.2) is 41.2 Å². The van der Waals surface area contributed by atoms with Crippen LogP contribution in [0, 0.1) is 5.82 Å². The molecule has 0 amide bonds. The topological polar surface area (TPSA) is 51.2 Å². The molecule has 0 spiro atoms. The van der Waals surface area contributed by atoms with Gasteiger partial charge < -0.3 is 15.5 Å². The van der Waals surface area contributed by atoms with E-state index in [1.165, 1.54) is 6.07 Å². The molecule has 1 heterocycles. The van der Waals surface area contributed by atoms with E-state index in [4.69, 9.17) is 22.4 Å². The summed E-state index contributed by atoms with van der Waals surface area (Å²) in [4.78, 5) is 0.0592. The summed E-state index contributed by atoms with van der Waals surface area (Å²) in [6.45, 7) is 0.572. The lowest BCUT2D eigenvalue weighted by Crippen LogP contribution is -2.11. The molecule has 0 aliphatic carbocycles. The highest BCUT2D eigenvalue weighted by Crippen LogP contribution is 2.15. The summed E-state index contributed by atoms with van der Waals surface area (Å²) in [5.41, 5.74) is 7.29. The first-order chi connectivity index (χ1) is 8.16. The summed E-state index contributed by atoms with van der Waals surface area (Å²) in [6.07, 6.45) is 3.22. The lowest BCUT2D eigenvalue weighted by atomic mass is 10.2. The Hall–Kier alpha value is -1.88. The van der Waals surface area contributed by atoms with Gasteiger partial charge in [0, 0.05) is 23.4 Å². The Morgan fingerprint density at radius 2 is 2.24 bits per heavy atom. The molecule has 0 unspecified atom stereocenters. The second kappa shape index (κ2) is 4.97. The molecule has 1 aromatic carbocycles. The zero-order valence-corrected chi connectivity index (χ0v) is 9.76.